The number of amides is 1. The zero-order valence-electron chi connectivity index (χ0n) is 15.2. The average molecular weight is 389 g/mol. The summed E-state index contributed by atoms with van der Waals surface area (Å²) < 4.78 is 11.8. The molecule has 0 unspecified atom stereocenters. The predicted molar refractivity (Wildman–Crippen MR) is 98.2 cm³/mol. The number of ether oxygens (including phenoxy) is 1. The first-order valence-corrected chi connectivity index (χ1v) is 9.19. The maximum Gasteiger partial charge on any atom is 0.306 e. The summed E-state index contributed by atoms with van der Waals surface area (Å²) in [6.45, 7) is 3.27. The molecule has 1 N–H and O–H groups in total. The summed E-state index contributed by atoms with van der Waals surface area (Å²) >= 11 is 1.54. The highest BCUT2D eigenvalue weighted by Gasteiger charge is 2.15. The molecule has 0 radical (unpaired) electrons. The lowest BCUT2D eigenvalue weighted by Gasteiger charge is -2.06. The number of esters is 1. The first-order chi connectivity index (χ1) is 12.9. The van der Waals surface area contributed by atoms with Gasteiger partial charge in [-0.05, 0) is 25.3 Å². The highest BCUT2D eigenvalue weighted by atomic mass is 32.1. The fourth-order valence-electron chi connectivity index (χ4n) is 2.42. The Morgan fingerprint density at radius 2 is 2.19 bits per heavy atom. The number of thiophene rings is 1. The van der Waals surface area contributed by atoms with E-state index in [0.717, 1.165) is 11.3 Å². The molecule has 0 fully saturated rings. The van der Waals surface area contributed by atoms with Crippen LogP contribution in [-0.4, -0.2) is 38.4 Å². The third-order valence-electron chi connectivity index (χ3n) is 3.93. The fraction of sp³-hybridized carbons (Fsp3) is 0.353. The highest BCUT2D eigenvalue weighted by molar-refractivity contribution is 7.08. The second-order valence-electron chi connectivity index (χ2n) is 5.90. The van der Waals surface area contributed by atoms with E-state index in [1.807, 2.05) is 23.8 Å². The molecule has 142 valence electrons. The summed E-state index contributed by atoms with van der Waals surface area (Å²) in [5, 5.41) is 14.6. The number of nitrogens with zero attached hydrogens (tertiary/aromatic N) is 4. The number of hydrogen-bond acceptors (Lipinski definition) is 8. The number of anilines is 1. The summed E-state index contributed by atoms with van der Waals surface area (Å²) in [6, 6.07) is 1.89. The lowest BCUT2D eigenvalue weighted by Crippen LogP contribution is -2.21. The van der Waals surface area contributed by atoms with E-state index >= 15 is 0 Å². The van der Waals surface area contributed by atoms with Crippen molar-refractivity contribution in [2.24, 2.45) is 7.05 Å². The van der Waals surface area contributed by atoms with Gasteiger partial charge in [0, 0.05) is 24.4 Å². The molecule has 0 aromatic carbocycles. The summed E-state index contributed by atoms with van der Waals surface area (Å²) in [4.78, 5) is 28.0. The van der Waals surface area contributed by atoms with Crippen LogP contribution in [0.1, 0.15) is 23.7 Å². The quantitative estimate of drug-likeness (QED) is 0.617. The van der Waals surface area contributed by atoms with Gasteiger partial charge in [0.05, 0.1) is 23.5 Å². The summed E-state index contributed by atoms with van der Waals surface area (Å²) in [6.07, 6.45) is 0.294. The van der Waals surface area contributed by atoms with Gasteiger partial charge < -0.3 is 14.6 Å². The maximum atomic E-state index is 12.0. The third-order valence-corrected chi connectivity index (χ3v) is 4.61. The van der Waals surface area contributed by atoms with Gasteiger partial charge in [-0.1, -0.05) is 5.16 Å². The van der Waals surface area contributed by atoms with Gasteiger partial charge in [0.25, 0.3) is 5.91 Å². The lowest BCUT2D eigenvalue weighted by molar-refractivity contribution is -0.147. The van der Waals surface area contributed by atoms with Crippen LogP contribution < -0.4 is 5.32 Å². The van der Waals surface area contributed by atoms with Gasteiger partial charge in [0.15, 0.2) is 6.61 Å². The number of carbonyl (C=O) groups excluding carboxylic acids is 2. The van der Waals surface area contributed by atoms with Gasteiger partial charge in [-0.15, -0.1) is 0 Å². The minimum atomic E-state index is -0.514. The standard InChI is InChI=1S/C17H19N5O4S/c1-10-16(11(2)22(3)20-10)18-13(23)8-25-15(24)5-4-14-19-17(21-26-14)12-6-7-27-9-12/h6-7,9H,4-5,8H2,1-3H3,(H,18,23). The molecule has 1 amide bonds. The second-order valence-corrected chi connectivity index (χ2v) is 6.68. The topological polar surface area (TPSA) is 112 Å². The van der Waals surface area contributed by atoms with Gasteiger partial charge in [0.1, 0.15) is 0 Å². The average Bonchev–Trinajstić information content (AvgIpc) is 3.36. The van der Waals surface area contributed by atoms with Crippen LogP contribution in [0.25, 0.3) is 11.4 Å². The van der Waals surface area contributed by atoms with Crippen LogP contribution in [-0.2, 0) is 27.8 Å². The Morgan fingerprint density at radius 3 is 2.85 bits per heavy atom. The Hall–Kier alpha value is -3.01. The van der Waals surface area contributed by atoms with Crippen LogP contribution in [0, 0.1) is 13.8 Å². The van der Waals surface area contributed by atoms with Crippen molar-refractivity contribution in [1.82, 2.24) is 19.9 Å². The molecule has 0 aliphatic carbocycles. The number of nitrogens with one attached hydrogen (secondary N) is 1. The Labute approximate surface area is 159 Å². The van der Waals surface area contributed by atoms with E-state index in [0.29, 0.717) is 23.1 Å². The van der Waals surface area contributed by atoms with Crippen molar-refractivity contribution in [3.63, 3.8) is 0 Å². The van der Waals surface area contributed by atoms with Gasteiger partial charge in [-0.25, -0.2) is 0 Å². The van der Waals surface area contributed by atoms with E-state index in [2.05, 4.69) is 20.6 Å². The Kier molecular flexibility index (Phi) is 5.65. The largest absolute Gasteiger partial charge is 0.456 e. The molecule has 3 heterocycles. The Morgan fingerprint density at radius 1 is 1.37 bits per heavy atom. The predicted octanol–water partition coefficient (Wildman–Crippen LogP) is 2.26. The first-order valence-electron chi connectivity index (χ1n) is 8.25. The number of rotatable bonds is 7. The fourth-order valence-corrected chi connectivity index (χ4v) is 3.06. The molecule has 0 aliphatic rings. The number of aryl methyl sites for hydroxylation is 3. The normalized spacial score (nSPS) is 10.8. The van der Waals surface area contributed by atoms with Gasteiger partial charge in [0.2, 0.25) is 11.7 Å². The second kappa shape index (κ2) is 8.12. The van der Waals surface area contributed by atoms with Crippen molar-refractivity contribution in [3.8, 4) is 11.4 Å². The number of aromatic nitrogens is 4. The van der Waals surface area contributed by atoms with E-state index in [1.54, 1.807) is 18.7 Å². The van der Waals surface area contributed by atoms with Crippen molar-refractivity contribution in [2.75, 3.05) is 11.9 Å². The molecule has 0 bridgehead atoms. The Balaban J connectivity index is 1.44. The molecule has 0 aliphatic heterocycles. The molecule has 3 rings (SSSR count). The third kappa shape index (κ3) is 4.59. The van der Waals surface area contributed by atoms with Crippen LogP contribution in [0.2, 0.25) is 0 Å². The van der Waals surface area contributed by atoms with E-state index in [9.17, 15) is 9.59 Å². The van der Waals surface area contributed by atoms with Crippen molar-refractivity contribution in [1.29, 1.82) is 0 Å². The van der Waals surface area contributed by atoms with Crippen molar-refractivity contribution >= 4 is 28.9 Å². The smallest absolute Gasteiger partial charge is 0.306 e. The van der Waals surface area contributed by atoms with E-state index < -0.39 is 11.9 Å². The van der Waals surface area contributed by atoms with Gasteiger partial charge in [-0.3, -0.25) is 14.3 Å². The van der Waals surface area contributed by atoms with Crippen LogP contribution in [0.3, 0.4) is 0 Å². The number of carbonyl (C=O) groups is 2. The number of hydrogen-bond donors (Lipinski definition) is 1. The van der Waals surface area contributed by atoms with E-state index in [-0.39, 0.29) is 19.4 Å². The Bertz CT molecular complexity index is 945. The monoisotopic (exact) mass is 389 g/mol. The summed E-state index contributed by atoms with van der Waals surface area (Å²) in [5.41, 5.74) is 3.03. The van der Waals surface area contributed by atoms with Gasteiger partial charge >= 0.3 is 5.97 Å². The highest BCUT2D eigenvalue weighted by Crippen LogP contribution is 2.19. The van der Waals surface area contributed by atoms with Crippen molar-refractivity contribution < 1.29 is 18.8 Å². The minimum Gasteiger partial charge on any atom is -0.456 e. The van der Waals surface area contributed by atoms with Crippen LogP contribution in [0.15, 0.2) is 21.3 Å². The zero-order chi connectivity index (χ0) is 19.4. The molecule has 0 saturated heterocycles. The molecular formula is C17H19N5O4S. The molecule has 0 atom stereocenters. The molecule has 9 nitrogen and oxygen atoms in total. The van der Waals surface area contributed by atoms with Crippen molar-refractivity contribution in [2.45, 2.75) is 26.7 Å². The minimum absolute atomic E-state index is 0.0451. The van der Waals surface area contributed by atoms with E-state index in [4.69, 9.17) is 9.26 Å². The lowest BCUT2D eigenvalue weighted by atomic mass is 10.3. The van der Waals surface area contributed by atoms with Crippen molar-refractivity contribution in [3.05, 3.63) is 34.1 Å². The van der Waals surface area contributed by atoms with Gasteiger partial charge in [-0.2, -0.15) is 21.4 Å². The van der Waals surface area contributed by atoms with Crippen LogP contribution in [0.4, 0.5) is 5.69 Å². The molecule has 0 spiro atoms. The molecule has 3 aromatic rings. The zero-order valence-corrected chi connectivity index (χ0v) is 16.0. The molecule has 0 saturated carbocycles. The van der Waals surface area contributed by atoms with Crippen LogP contribution >= 0.6 is 11.3 Å². The SMILES string of the molecule is Cc1nn(C)c(C)c1NC(=O)COC(=O)CCc1nc(-c2ccsc2)no1. The maximum absolute atomic E-state index is 12.0. The summed E-state index contributed by atoms with van der Waals surface area (Å²) in [5.74, 6) is -0.0967. The molecule has 27 heavy (non-hydrogen) atoms. The van der Waals surface area contributed by atoms with Crippen LogP contribution in [0.5, 0.6) is 0 Å². The molecule has 10 heteroatoms. The first kappa shape index (κ1) is 18.8. The van der Waals surface area contributed by atoms with E-state index in [1.165, 1.54) is 11.3 Å². The summed E-state index contributed by atoms with van der Waals surface area (Å²) in [7, 11) is 1.79. The molecular weight excluding hydrogens is 370 g/mol. The molecule has 3 aromatic heterocycles.